The Balaban J connectivity index is 1.88. The van der Waals surface area contributed by atoms with Crippen molar-refractivity contribution in [3.63, 3.8) is 0 Å². The van der Waals surface area contributed by atoms with E-state index in [9.17, 15) is 0 Å². The molecule has 0 bridgehead atoms. The topological polar surface area (TPSA) is 30.7 Å². The molecule has 13 heavy (non-hydrogen) atoms. The molecule has 0 saturated carbocycles. The first kappa shape index (κ1) is 8.48. The predicted molar refractivity (Wildman–Crippen MR) is 51.1 cm³/mol. The third kappa shape index (κ3) is 2.41. The summed E-state index contributed by atoms with van der Waals surface area (Å²) in [5.41, 5.74) is 0. The first-order chi connectivity index (χ1) is 6.45. The minimum Gasteiger partial charge on any atom is -0.252 e. The van der Waals surface area contributed by atoms with Gasteiger partial charge in [0.15, 0.2) is 0 Å². The zero-order chi connectivity index (χ0) is 8.93. The lowest BCUT2D eigenvalue weighted by Crippen LogP contribution is -2.10. The fourth-order valence-corrected chi connectivity index (χ4v) is 1.82. The van der Waals surface area contributed by atoms with Gasteiger partial charge in [0.1, 0.15) is 0 Å². The molecule has 0 unspecified atom stereocenters. The minimum absolute atomic E-state index is 0.775. The SMILES string of the molecule is C1=CCCC(Cn2ccnn2)CC1. The Morgan fingerprint density at radius 2 is 2.00 bits per heavy atom. The highest BCUT2D eigenvalue weighted by atomic mass is 15.4. The maximum Gasteiger partial charge on any atom is 0.0692 e. The normalized spacial score (nSPS) is 18.8. The van der Waals surface area contributed by atoms with Gasteiger partial charge in [0.2, 0.25) is 0 Å². The molecule has 0 atom stereocenters. The molecule has 0 radical (unpaired) electrons. The summed E-state index contributed by atoms with van der Waals surface area (Å²) in [7, 11) is 0. The first-order valence-corrected chi connectivity index (χ1v) is 4.94. The molecule has 0 N–H and O–H groups in total. The van der Waals surface area contributed by atoms with Gasteiger partial charge in [-0.2, -0.15) is 0 Å². The summed E-state index contributed by atoms with van der Waals surface area (Å²) in [6.07, 6.45) is 13.3. The van der Waals surface area contributed by atoms with Crippen LogP contribution in [0.4, 0.5) is 0 Å². The van der Waals surface area contributed by atoms with E-state index < -0.39 is 0 Å². The van der Waals surface area contributed by atoms with Gasteiger partial charge in [-0.15, -0.1) is 5.10 Å². The zero-order valence-electron chi connectivity index (χ0n) is 7.76. The molecule has 3 heteroatoms. The van der Waals surface area contributed by atoms with Crippen LogP contribution in [0.1, 0.15) is 25.7 Å². The fraction of sp³-hybridized carbons (Fsp3) is 0.600. The monoisotopic (exact) mass is 177 g/mol. The molecule has 1 aromatic rings. The molecular formula is C10H15N3. The van der Waals surface area contributed by atoms with Crippen molar-refractivity contribution in [3.8, 4) is 0 Å². The third-order valence-corrected chi connectivity index (χ3v) is 2.57. The van der Waals surface area contributed by atoms with Crippen molar-refractivity contribution in [2.45, 2.75) is 32.2 Å². The fourth-order valence-electron chi connectivity index (χ4n) is 1.82. The van der Waals surface area contributed by atoms with E-state index in [1.807, 2.05) is 10.9 Å². The van der Waals surface area contributed by atoms with Crippen molar-refractivity contribution < 1.29 is 0 Å². The molecule has 1 aliphatic carbocycles. The second-order valence-corrected chi connectivity index (χ2v) is 3.62. The lowest BCUT2D eigenvalue weighted by Gasteiger charge is -2.12. The van der Waals surface area contributed by atoms with Crippen molar-refractivity contribution in [3.05, 3.63) is 24.5 Å². The molecule has 1 aromatic heterocycles. The molecule has 0 aliphatic heterocycles. The summed E-state index contributed by atoms with van der Waals surface area (Å²) in [6.45, 7) is 1.03. The summed E-state index contributed by atoms with van der Waals surface area (Å²) >= 11 is 0. The number of hydrogen-bond acceptors (Lipinski definition) is 2. The van der Waals surface area contributed by atoms with Gasteiger partial charge >= 0.3 is 0 Å². The Bertz CT molecular complexity index is 254. The van der Waals surface area contributed by atoms with Gasteiger partial charge in [-0.05, 0) is 31.6 Å². The van der Waals surface area contributed by atoms with Crippen LogP contribution in [0.3, 0.4) is 0 Å². The Hall–Kier alpha value is -1.12. The molecule has 2 rings (SSSR count). The van der Waals surface area contributed by atoms with Crippen LogP contribution in [-0.2, 0) is 6.54 Å². The van der Waals surface area contributed by atoms with Crippen molar-refractivity contribution in [1.29, 1.82) is 0 Å². The van der Waals surface area contributed by atoms with Gasteiger partial charge < -0.3 is 0 Å². The van der Waals surface area contributed by atoms with E-state index in [0.717, 1.165) is 12.5 Å². The Labute approximate surface area is 78.5 Å². The van der Waals surface area contributed by atoms with E-state index in [1.54, 1.807) is 6.20 Å². The highest BCUT2D eigenvalue weighted by molar-refractivity contribution is 4.86. The van der Waals surface area contributed by atoms with Crippen molar-refractivity contribution in [2.75, 3.05) is 0 Å². The number of nitrogens with zero attached hydrogens (tertiary/aromatic N) is 3. The number of rotatable bonds is 2. The van der Waals surface area contributed by atoms with Gasteiger partial charge in [0.05, 0.1) is 6.20 Å². The van der Waals surface area contributed by atoms with E-state index in [0.29, 0.717) is 0 Å². The maximum absolute atomic E-state index is 3.99. The van der Waals surface area contributed by atoms with Crippen molar-refractivity contribution >= 4 is 0 Å². The van der Waals surface area contributed by atoms with Crippen molar-refractivity contribution in [1.82, 2.24) is 15.0 Å². The van der Waals surface area contributed by atoms with Crippen LogP contribution < -0.4 is 0 Å². The summed E-state index contributed by atoms with van der Waals surface area (Å²) < 4.78 is 1.94. The largest absolute Gasteiger partial charge is 0.252 e. The molecule has 0 amide bonds. The summed E-state index contributed by atoms with van der Waals surface area (Å²) in [5.74, 6) is 0.775. The van der Waals surface area contributed by atoms with Gasteiger partial charge in [-0.25, -0.2) is 0 Å². The smallest absolute Gasteiger partial charge is 0.0692 e. The van der Waals surface area contributed by atoms with Crippen LogP contribution in [-0.4, -0.2) is 15.0 Å². The quantitative estimate of drug-likeness (QED) is 0.647. The molecule has 3 nitrogen and oxygen atoms in total. The molecule has 0 fully saturated rings. The number of aromatic nitrogens is 3. The van der Waals surface area contributed by atoms with Gasteiger partial charge in [0, 0.05) is 12.7 Å². The van der Waals surface area contributed by atoms with Crippen LogP contribution in [0.25, 0.3) is 0 Å². The average Bonchev–Trinajstić information content (AvgIpc) is 2.49. The summed E-state index contributed by atoms with van der Waals surface area (Å²) in [4.78, 5) is 0. The number of hydrogen-bond donors (Lipinski definition) is 0. The lowest BCUT2D eigenvalue weighted by atomic mass is 10.0. The van der Waals surface area contributed by atoms with Gasteiger partial charge in [-0.3, -0.25) is 4.68 Å². The lowest BCUT2D eigenvalue weighted by molar-refractivity contribution is 0.375. The summed E-state index contributed by atoms with van der Waals surface area (Å²) in [6, 6.07) is 0. The highest BCUT2D eigenvalue weighted by Gasteiger charge is 2.10. The molecule has 1 heterocycles. The van der Waals surface area contributed by atoms with Crippen LogP contribution in [0, 0.1) is 5.92 Å². The minimum atomic E-state index is 0.775. The van der Waals surface area contributed by atoms with E-state index in [-0.39, 0.29) is 0 Å². The second-order valence-electron chi connectivity index (χ2n) is 3.62. The standard InChI is InChI=1S/C10H15N3/c1-2-4-6-10(5-3-1)9-13-8-7-11-12-13/h1-2,7-8,10H,3-6,9H2. The van der Waals surface area contributed by atoms with Crippen molar-refractivity contribution in [2.24, 2.45) is 5.92 Å². The molecule has 1 aliphatic rings. The zero-order valence-corrected chi connectivity index (χ0v) is 7.76. The average molecular weight is 177 g/mol. The second kappa shape index (κ2) is 4.21. The van der Waals surface area contributed by atoms with Crippen LogP contribution >= 0.6 is 0 Å². The van der Waals surface area contributed by atoms with Gasteiger partial charge in [-0.1, -0.05) is 17.4 Å². The summed E-state index contributed by atoms with van der Waals surface area (Å²) in [5, 5.41) is 7.80. The molecule has 0 saturated heterocycles. The maximum atomic E-state index is 3.99. The van der Waals surface area contributed by atoms with Crippen LogP contribution in [0.2, 0.25) is 0 Å². The Morgan fingerprint density at radius 1 is 1.23 bits per heavy atom. The molecule has 0 spiro atoms. The Morgan fingerprint density at radius 3 is 2.62 bits per heavy atom. The predicted octanol–water partition coefficient (Wildman–Crippen LogP) is 2.02. The van der Waals surface area contributed by atoms with Crippen LogP contribution in [0.15, 0.2) is 24.5 Å². The van der Waals surface area contributed by atoms with E-state index in [1.165, 1.54) is 25.7 Å². The highest BCUT2D eigenvalue weighted by Crippen LogP contribution is 2.19. The van der Waals surface area contributed by atoms with E-state index in [4.69, 9.17) is 0 Å². The molecule has 0 aromatic carbocycles. The first-order valence-electron chi connectivity index (χ1n) is 4.94. The Kier molecular flexibility index (Phi) is 2.75. The molecule has 70 valence electrons. The van der Waals surface area contributed by atoms with E-state index in [2.05, 4.69) is 22.5 Å². The third-order valence-electron chi connectivity index (χ3n) is 2.57. The van der Waals surface area contributed by atoms with Crippen LogP contribution in [0.5, 0.6) is 0 Å². The number of allylic oxidation sites excluding steroid dienone is 2. The van der Waals surface area contributed by atoms with E-state index >= 15 is 0 Å². The van der Waals surface area contributed by atoms with Gasteiger partial charge in [0.25, 0.3) is 0 Å². The molecular weight excluding hydrogens is 162 g/mol.